The van der Waals surface area contributed by atoms with E-state index in [9.17, 15) is 18.0 Å². The quantitative estimate of drug-likeness (QED) is 0.167. The van der Waals surface area contributed by atoms with Gasteiger partial charge in [0.1, 0.15) is 12.3 Å². The van der Waals surface area contributed by atoms with Crippen molar-refractivity contribution in [1.82, 2.24) is 5.43 Å². The van der Waals surface area contributed by atoms with E-state index in [4.69, 9.17) is 16.3 Å². The van der Waals surface area contributed by atoms with Crippen LogP contribution in [0.25, 0.3) is 0 Å². The van der Waals surface area contributed by atoms with Crippen molar-refractivity contribution in [2.24, 2.45) is 5.10 Å². The first-order valence-corrected chi connectivity index (χ1v) is 15.1. The lowest BCUT2D eigenvalue weighted by Gasteiger charge is -2.25. The largest absolute Gasteiger partial charge is 0.484 e. The standard InChI is InChI=1S/C32H31ClN4O5S/c1-22-7-13-26(14-8-22)35-32(39)21-42-27-15-11-25(12-16-27)19-34-36-31(38)20-37(30-6-4-5-29(33)24(30)3)43(40,41)28-17-9-23(2)10-18-28/h4-19H,20-21H2,1-3H3,(H,35,39)(H,36,38)/b34-19-. The van der Waals surface area contributed by atoms with Crippen molar-refractivity contribution in [3.63, 3.8) is 0 Å². The third-order valence-electron chi connectivity index (χ3n) is 6.39. The van der Waals surface area contributed by atoms with Gasteiger partial charge in [0.2, 0.25) is 0 Å². The number of carbonyl (C=O) groups is 2. The second-order valence-corrected chi connectivity index (χ2v) is 12.0. The predicted octanol–water partition coefficient (Wildman–Crippen LogP) is 5.63. The summed E-state index contributed by atoms with van der Waals surface area (Å²) in [5.41, 5.74) is 6.52. The van der Waals surface area contributed by atoms with Crippen LogP contribution >= 0.6 is 11.6 Å². The summed E-state index contributed by atoms with van der Waals surface area (Å²) in [7, 11) is -4.10. The zero-order chi connectivity index (χ0) is 31.0. The van der Waals surface area contributed by atoms with Gasteiger partial charge in [-0.3, -0.25) is 13.9 Å². The summed E-state index contributed by atoms with van der Waals surface area (Å²) in [6.07, 6.45) is 1.41. The Bertz CT molecular complexity index is 1720. The zero-order valence-corrected chi connectivity index (χ0v) is 25.4. The lowest BCUT2D eigenvalue weighted by atomic mass is 10.2. The van der Waals surface area contributed by atoms with Crippen LogP contribution in [0.15, 0.2) is 101 Å². The molecule has 0 bridgehead atoms. The number of benzene rings is 4. The van der Waals surface area contributed by atoms with Gasteiger partial charge in [-0.05, 0) is 92.6 Å². The minimum absolute atomic E-state index is 0.0451. The van der Waals surface area contributed by atoms with E-state index in [1.807, 2.05) is 38.1 Å². The van der Waals surface area contributed by atoms with Crippen LogP contribution in [0.3, 0.4) is 0 Å². The average Bonchev–Trinajstić information content (AvgIpc) is 2.98. The molecular weight excluding hydrogens is 588 g/mol. The number of anilines is 2. The van der Waals surface area contributed by atoms with Gasteiger partial charge in [0.25, 0.3) is 21.8 Å². The van der Waals surface area contributed by atoms with E-state index < -0.39 is 22.5 Å². The number of hydrazone groups is 1. The normalized spacial score (nSPS) is 11.3. The Morgan fingerprint density at radius 1 is 0.860 bits per heavy atom. The Labute approximate surface area is 256 Å². The number of aryl methyl sites for hydroxylation is 2. The van der Waals surface area contributed by atoms with Crippen LogP contribution in [0.2, 0.25) is 5.02 Å². The van der Waals surface area contributed by atoms with Crippen molar-refractivity contribution in [3.8, 4) is 5.75 Å². The molecule has 0 saturated carbocycles. The number of hydrogen-bond acceptors (Lipinski definition) is 6. The molecule has 0 spiro atoms. The van der Waals surface area contributed by atoms with Crippen LogP contribution in [-0.2, 0) is 19.6 Å². The number of halogens is 1. The summed E-state index contributed by atoms with van der Waals surface area (Å²) in [4.78, 5) is 25.1. The van der Waals surface area contributed by atoms with E-state index in [1.165, 1.54) is 18.3 Å². The van der Waals surface area contributed by atoms with Crippen molar-refractivity contribution in [3.05, 3.63) is 118 Å². The first-order valence-electron chi connectivity index (χ1n) is 13.3. The van der Waals surface area contributed by atoms with Crippen molar-refractivity contribution in [2.75, 3.05) is 22.8 Å². The van der Waals surface area contributed by atoms with Crippen LogP contribution in [-0.4, -0.2) is 39.6 Å². The number of nitrogens with one attached hydrogen (secondary N) is 2. The summed E-state index contributed by atoms with van der Waals surface area (Å²) in [5.74, 6) is -0.455. The van der Waals surface area contributed by atoms with E-state index in [0.717, 1.165) is 15.4 Å². The molecule has 4 rings (SSSR count). The first kappa shape index (κ1) is 31.3. The molecule has 0 radical (unpaired) electrons. The first-order chi connectivity index (χ1) is 20.5. The second-order valence-electron chi connectivity index (χ2n) is 9.77. The van der Waals surface area contributed by atoms with Gasteiger partial charge in [0.15, 0.2) is 6.61 Å². The summed E-state index contributed by atoms with van der Waals surface area (Å²) in [5, 5.41) is 7.12. The zero-order valence-electron chi connectivity index (χ0n) is 23.9. The highest BCUT2D eigenvalue weighted by molar-refractivity contribution is 7.92. The van der Waals surface area contributed by atoms with E-state index in [-0.39, 0.29) is 23.1 Å². The van der Waals surface area contributed by atoms with Crippen LogP contribution in [0, 0.1) is 20.8 Å². The Morgan fingerprint density at radius 2 is 1.49 bits per heavy atom. The highest BCUT2D eigenvalue weighted by Gasteiger charge is 2.28. The smallest absolute Gasteiger partial charge is 0.264 e. The van der Waals surface area contributed by atoms with Crippen molar-refractivity contribution < 1.29 is 22.7 Å². The van der Waals surface area contributed by atoms with Gasteiger partial charge in [-0.15, -0.1) is 0 Å². The SMILES string of the molecule is Cc1ccc(NC(=O)COc2ccc(/C=N\NC(=O)CN(c3cccc(Cl)c3C)S(=O)(=O)c3ccc(C)cc3)cc2)cc1. The number of sulfonamides is 1. The third-order valence-corrected chi connectivity index (χ3v) is 8.58. The van der Waals surface area contributed by atoms with E-state index >= 15 is 0 Å². The number of hydrogen-bond donors (Lipinski definition) is 2. The number of ether oxygens (including phenoxy) is 1. The maximum atomic E-state index is 13.6. The van der Waals surface area contributed by atoms with Crippen molar-refractivity contribution in [2.45, 2.75) is 25.7 Å². The third kappa shape index (κ3) is 8.43. The van der Waals surface area contributed by atoms with Crippen LogP contribution in [0.4, 0.5) is 11.4 Å². The van der Waals surface area contributed by atoms with Gasteiger partial charge in [-0.1, -0.05) is 53.1 Å². The van der Waals surface area contributed by atoms with Crippen molar-refractivity contribution >= 4 is 51.0 Å². The van der Waals surface area contributed by atoms with Gasteiger partial charge < -0.3 is 10.1 Å². The molecule has 2 amide bonds. The molecule has 2 N–H and O–H groups in total. The van der Waals surface area contributed by atoms with Gasteiger partial charge in [0, 0.05) is 10.7 Å². The average molecular weight is 619 g/mol. The number of nitrogens with zero attached hydrogens (tertiary/aromatic N) is 2. The monoisotopic (exact) mass is 618 g/mol. The highest BCUT2D eigenvalue weighted by atomic mass is 35.5. The van der Waals surface area contributed by atoms with Gasteiger partial charge in [-0.2, -0.15) is 5.10 Å². The van der Waals surface area contributed by atoms with Gasteiger partial charge in [0.05, 0.1) is 16.8 Å². The Morgan fingerprint density at radius 3 is 2.14 bits per heavy atom. The maximum Gasteiger partial charge on any atom is 0.264 e. The molecule has 0 aliphatic carbocycles. The summed E-state index contributed by atoms with van der Waals surface area (Å²) in [6, 6.07) is 25.4. The van der Waals surface area contributed by atoms with Gasteiger partial charge >= 0.3 is 0 Å². The molecule has 0 aliphatic rings. The van der Waals surface area contributed by atoms with E-state index in [0.29, 0.717) is 27.6 Å². The molecule has 0 fully saturated rings. The number of rotatable bonds is 11. The lowest BCUT2D eigenvalue weighted by Crippen LogP contribution is -2.40. The van der Waals surface area contributed by atoms with Crippen LogP contribution < -0.4 is 19.8 Å². The fourth-order valence-electron chi connectivity index (χ4n) is 3.98. The Balaban J connectivity index is 1.37. The molecule has 43 heavy (non-hydrogen) atoms. The Kier molecular flexibility index (Phi) is 10.2. The molecular formula is C32H31ClN4O5S. The molecule has 0 aromatic heterocycles. The molecule has 9 nitrogen and oxygen atoms in total. The summed E-state index contributed by atoms with van der Waals surface area (Å²) >= 11 is 6.27. The lowest BCUT2D eigenvalue weighted by molar-refractivity contribution is -0.119. The molecule has 222 valence electrons. The van der Waals surface area contributed by atoms with Crippen LogP contribution in [0.1, 0.15) is 22.3 Å². The molecule has 11 heteroatoms. The molecule has 0 heterocycles. The van der Waals surface area contributed by atoms with E-state index in [1.54, 1.807) is 61.5 Å². The minimum atomic E-state index is -4.10. The molecule has 0 saturated heterocycles. The van der Waals surface area contributed by atoms with Gasteiger partial charge in [-0.25, -0.2) is 13.8 Å². The summed E-state index contributed by atoms with van der Waals surface area (Å²) in [6.45, 7) is 4.83. The molecule has 4 aromatic rings. The van der Waals surface area contributed by atoms with Crippen molar-refractivity contribution in [1.29, 1.82) is 0 Å². The number of carbonyl (C=O) groups excluding carboxylic acids is 2. The predicted molar refractivity (Wildman–Crippen MR) is 169 cm³/mol. The minimum Gasteiger partial charge on any atom is -0.484 e. The summed E-state index contributed by atoms with van der Waals surface area (Å²) < 4.78 is 33.8. The molecule has 0 unspecified atom stereocenters. The molecule has 4 aromatic carbocycles. The fraction of sp³-hybridized carbons (Fsp3) is 0.156. The fourth-order valence-corrected chi connectivity index (χ4v) is 5.63. The molecule has 0 atom stereocenters. The topological polar surface area (TPSA) is 117 Å². The van der Waals surface area contributed by atoms with Crippen LogP contribution in [0.5, 0.6) is 5.75 Å². The van der Waals surface area contributed by atoms with E-state index in [2.05, 4.69) is 15.8 Å². The Hall–Kier alpha value is -4.67. The highest BCUT2D eigenvalue weighted by Crippen LogP contribution is 2.31. The second kappa shape index (κ2) is 14.0. The maximum absolute atomic E-state index is 13.6. The number of amides is 2. The molecule has 0 aliphatic heterocycles.